The van der Waals surface area contributed by atoms with Crippen molar-refractivity contribution in [3.8, 4) is 0 Å². The maximum absolute atomic E-state index is 10.2. The number of carbonyl (C=O) groups excluding carboxylic acids is 1. The molecule has 0 aliphatic rings. The van der Waals surface area contributed by atoms with Crippen molar-refractivity contribution in [3.05, 3.63) is 14.8 Å². The van der Waals surface area contributed by atoms with E-state index >= 15 is 0 Å². The second kappa shape index (κ2) is 2.71. The summed E-state index contributed by atoms with van der Waals surface area (Å²) in [4.78, 5) is 10.2. The fraction of sp³-hybridized carbons (Fsp3) is 0. The van der Waals surface area contributed by atoms with Crippen LogP contribution in [0.4, 0.5) is 0 Å². The van der Waals surface area contributed by atoms with E-state index in [0.717, 1.165) is 0 Å². The van der Waals surface area contributed by atoms with Crippen molar-refractivity contribution in [3.63, 3.8) is 0 Å². The van der Waals surface area contributed by atoms with Gasteiger partial charge in [0.1, 0.15) is 10.3 Å². The molecule has 0 amide bonds. The van der Waals surface area contributed by atoms with Crippen LogP contribution in [-0.4, -0.2) is 16.2 Å². The number of rotatable bonds is 1. The van der Waals surface area contributed by atoms with Crippen LogP contribution in [0.25, 0.3) is 0 Å². The first-order valence-corrected chi connectivity index (χ1v) is 3.82. The zero-order valence-electron chi connectivity index (χ0n) is 4.52. The summed E-state index contributed by atoms with van der Waals surface area (Å²) in [5.74, 6) is -1.31. The molecule has 0 unspecified atom stereocenters. The van der Waals surface area contributed by atoms with E-state index in [0.29, 0.717) is 9.08 Å². The maximum Gasteiger partial charge on any atom is 0.123 e. The number of carboxylic acids is 1. The van der Waals surface area contributed by atoms with Gasteiger partial charge in [0, 0.05) is 0 Å². The van der Waals surface area contributed by atoms with E-state index < -0.39 is 5.97 Å². The number of aromatic amines is 1. The van der Waals surface area contributed by atoms with Crippen LogP contribution in [0, 0.1) is 0 Å². The molecule has 0 spiro atoms. The lowest BCUT2D eigenvalue weighted by Crippen LogP contribution is -2.23. The number of carboxylic acid groups (broad SMARTS) is 1. The molecule has 6 heteroatoms. The molecular weight excluding hydrogens is 268 g/mol. The molecule has 0 saturated heterocycles. The standard InChI is InChI=1S/C4H2Br2N2O2/c5-1-2(4(9)10)7-8-3(1)6/h(H,7,8)(H,9,10)/p-1. The van der Waals surface area contributed by atoms with Crippen molar-refractivity contribution in [2.45, 2.75) is 0 Å². The summed E-state index contributed by atoms with van der Waals surface area (Å²) in [6, 6.07) is 0. The summed E-state index contributed by atoms with van der Waals surface area (Å²) in [5.41, 5.74) is -0.133. The Hall–Kier alpha value is -0.360. The largest absolute Gasteiger partial charge is 0.543 e. The van der Waals surface area contributed by atoms with Crippen LogP contribution in [0.2, 0.25) is 0 Å². The Kier molecular flexibility index (Phi) is 2.10. The highest BCUT2D eigenvalue weighted by Crippen LogP contribution is 2.22. The molecule has 0 aromatic carbocycles. The number of aromatic carboxylic acids is 1. The minimum atomic E-state index is -1.31. The van der Waals surface area contributed by atoms with E-state index in [-0.39, 0.29) is 5.69 Å². The van der Waals surface area contributed by atoms with Gasteiger partial charge in [0.25, 0.3) is 0 Å². The number of halogens is 2. The second-order valence-corrected chi connectivity index (χ2v) is 3.07. The molecule has 0 bridgehead atoms. The molecule has 0 aliphatic heterocycles. The van der Waals surface area contributed by atoms with Crippen LogP contribution < -0.4 is 5.11 Å². The molecule has 54 valence electrons. The van der Waals surface area contributed by atoms with Crippen LogP contribution in [0.1, 0.15) is 10.5 Å². The number of aromatic nitrogens is 2. The Labute approximate surface area is 72.9 Å². The Morgan fingerprint density at radius 2 is 2.20 bits per heavy atom. The highest BCUT2D eigenvalue weighted by molar-refractivity contribution is 9.13. The highest BCUT2D eigenvalue weighted by atomic mass is 79.9. The van der Waals surface area contributed by atoms with Gasteiger partial charge >= 0.3 is 0 Å². The SMILES string of the molecule is O=C([O-])c1n[nH]c(Br)c1Br. The zero-order chi connectivity index (χ0) is 7.72. The average molecular weight is 269 g/mol. The molecule has 0 radical (unpaired) electrons. The van der Waals surface area contributed by atoms with Gasteiger partial charge in [-0.1, -0.05) is 0 Å². The van der Waals surface area contributed by atoms with E-state index in [4.69, 9.17) is 0 Å². The summed E-state index contributed by atoms with van der Waals surface area (Å²) in [6.07, 6.45) is 0. The van der Waals surface area contributed by atoms with E-state index in [1.165, 1.54) is 0 Å². The molecule has 1 aromatic rings. The topological polar surface area (TPSA) is 68.8 Å². The van der Waals surface area contributed by atoms with Crippen molar-refractivity contribution in [2.24, 2.45) is 0 Å². The van der Waals surface area contributed by atoms with Gasteiger partial charge in [-0.15, -0.1) is 0 Å². The van der Waals surface area contributed by atoms with Gasteiger partial charge in [-0.2, -0.15) is 5.10 Å². The number of hydrogen-bond acceptors (Lipinski definition) is 3. The zero-order valence-corrected chi connectivity index (χ0v) is 7.69. The van der Waals surface area contributed by atoms with Crippen LogP contribution in [-0.2, 0) is 0 Å². The Bertz CT molecular complexity index is 270. The molecule has 0 aliphatic carbocycles. The predicted octanol–water partition coefficient (Wildman–Crippen LogP) is 0.298. The van der Waals surface area contributed by atoms with Gasteiger partial charge in [0.2, 0.25) is 0 Å². The first-order chi connectivity index (χ1) is 4.63. The van der Waals surface area contributed by atoms with Crippen molar-refractivity contribution in [1.82, 2.24) is 10.2 Å². The Morgan fingerprint density at radius 1 is 1.60 bits per heavy atom. The van der Waals surface area contributed by atoms with E-state index in [1.54, 1.807) is 0 Å². The number of H-pyrrole nitrogens is 1. The third kappa shape index (κ3) is 1.22. The molecule has 4 nitrogen and oxygen atoms in total. The van der Waals surface area contributed by atoms with Crippen LogP contribution >= 0.6 is 31.9 Å². The molecule has 0 atom stereocenters. The number of carbonyl (C=O) groups is 1. The number of hydrogen-bond donors (Lipinski definition) is 1. The van der Waals surface area contributed by atoms with E-state index in [9.17, 15) is 9.90 Å². The Balaban J connectivity index is 3.17. The summed E-state index contributed by atoms with van der Waals surface area (Å²) < 4.78 is 0.860. The quantitative estimate of drug-likeness (QED) is 0.797. The number of nitrogens with zero attached hydrogens (tertiary/aromatic N) is 1. The van der Waals surface area contributed by atoms with Crippen molar-refractivity contribution < 1.29 is 9.90 Å². The lowest BCUT2D eigenvalue weighted by atomic mass is 10.4. The van der Waals surface area contributed by atoms with Gasteiger partial charge in [-0.3, -0.25) is 5.10 Å². The molecular formula is C4HBr2N2O2-. The van der Waals surface area contributed by atoms with E-state index in [1.807, 2.05) is 0 Å². The monoisotopic (exact) mass is 267 g/mol. The van der Waals surface area contributed by atoms with Crippen LogP contribution in [0.3, 0.4) is 0 Å². The summed E-state index contributed by atoms with van der Waals surface area (Å²) in [7, 11) is 0. The first kappa shape index (κ1) is 7.74. The van der Waals surface area contributed by atoms with Gasteiger partial charge < -0.3 is 9.90 Å². The lowest BCUT2D eigenvalue weighted by Gasteiger charge is -1.94. The third-order valence-corrected chi connectivity index (χ3v) is 2.74. The van der Waals surface area contributed by atoms with Gasteiger partial charge in [-0.05, 0) is 31.9 Å². The van der Waals surface area contributed by atoms with Crippen LogP contribution in [0.15, 0.2) is 9.08 Å². The van der Waals surface area contributed by atoms with Crippen molar-refractivity contribution in [1.29, 1.82) is 0 Å². The van der Waals surface area contributed by atoms with E-state index in [2.05, 4.69) is 42.1 Å². The summed E-state index contributed by atoms with van der Waals surface area (Å²) in [6.45, 7) is 0. The molecule has 1 heterocycles. The van der Waals surface area contributed by atoms with Crippen LogP contribution in [0.5, 0.6) is 0 Å². The second-order valence-electron chi connectivity index (χ2n) is 1.49. The van der Waals surface area contributed by atoms with Gasteiger partial charge in [0.15, 0.2) is 0 Å². The number of nitrogens with one attached hydrogen (secondary N) is 1. The molecule has 0 fully saturated rings. The maximum atomic E-state index is 10.2. The molecule has 1 rings (SSSR count). The molecule has 0 saturated carbocycles. The molecule has 1 aromatic heterocycles. The molecule has 1 N–H and O–H groups in total. The summed E-state index contributed by atoms with van der Waals surface area (Å²) >= 11 is 6.02. The average Bonchev–Trinajstić information content (AvgIpc) is 2.14. The summed E-state index contributed by atoms with van der Waals surface area (Å²) in [5, 5.41) is 16.0. The Morgan fingerprint density at radius 3 is 2.40 bits per heavy atom. The third-order valence-electron chi connectivity index (χ3n) is 0.860. The van der Waals surface area contributed by atoms with Gasteiger partial charge in [-0.25, -0.2) is 0 Å². The van der Waals surface area contributed by atoms with Crippen molar-refractivity contribution in [2.75, 3.05) is 0 Å². The van der Waals surface area contributed by atoms with Gasteiger partial charge in [0.05, 0.1) is 10.4 Å². The minimum absolute atomic E-state index is 0.133. The predicted molar refractivity (Wildman–Crippen MR) is 38.3 cm³/mol. The normalized spacial score (nSPS) is 9.80. The first-order valence-electron chi connectivity index (χ1n) is 2.23. The van der Waals surface area contributed by atoms with Crippen molar-refractivity contribution >= 4 is 37.8 Å². The minimum Gasteiger partial charge on any atom is -0.543 e. The molecule has 10 heavy (non-hydrogen) atoms. The lowest BCUT2D eigenvalue weighted by molar-refractivity contribution is -0.255. The highest BCUT2D eigenvalue weighted by Gasteiger charge is 2.07. The smallest absolute Gasteiger partial charge is 0.123 e. The fourth-order valence-electron chi connectivity index (χ4n) is 0.442. The fourth-order valence-corrected chi connectivity index (χ4v) is 1.06.